The number of hydrogen-bond acceptors (Lipinski definition) is 4. The summed E-state index contributed by atoms with van der Waals surface area (Å²) in [5.41, 5.74) is 1.09. The van der Waals surface area contributed by atoms with Crippen molar-refractivity contribution in [3.05, 3.63) is 29.6 Å². The van der Waals surface area contributed by atoms with Gasteiger partial charge >= 0.3 is 6.09 Å². The minimum atomic E-state index is -0.480. The van der Waals surface area contributed by atoms with E-state index in [2.05, 4.69) is 11.1 Å². The molecule has 0 spiro atoms. The first-order chi connectivity index (χ1) is 9.89. The zero-order valence-corrected chi connectivity index (χ0v) is 12.8. The fourth-order valence-corrected chi connectivity index (χ4v) is 2.48. The van der Waals surface area contributed by atoms with E-state index in [0.717, 1.165) is 24.9 Å². The maximum atomic E-state index is 12.1. The normalized spacial score (nSPS) is 19.0. The standard InChI is InChI=1S/C16H21N3O2/c1-16(2,3)21-15(20)19-6-4-5-13(11-19)14-7-12(8-17)9-18-10-14/h7,9-10,13H,4-6,11H2,1-3H3. The number of rotatable bonds is 1. The van der Waals surface area contributed by atoms with Crippen molar-refractivity contribution >= 4 is 6.09 Å². The van der Waals surface area contributed by atoms with Gasteiger partial charge < -0.3 is 9.64 Å². The molecule has 0 bridgehead atoms. The van der Waals surface area contributed by atoms with Crippen molar-refractivity contribution in [3.63, 3.8) is 0 Å². The molecule has 1 fully saturated rings. The number of nitriles is 1. The van der Waals surface area contributed by atoms with Crippen molar-refractivity contribution in [2.45, 2.75) is 45.1 Å². The van der Waals surface area contributed by atoms with Crippen LogP contribution in [0.5, 0.6) is 0 Å². The summed E-state index contributed by atoms with van der Waals surface area (Å²) >= 11 is 0. The molecule has 2 heterocycles. The molecule has 5 heteroatoms. The Morgan fingerprint density at radius 1 is 1.48 bits per heavy atom. The van der Waals surface area contributed by atoms with E-state index in [1.807, 2.05) is 26.8 Å². The van der Waals surface area contributed by atoms with Gasteiger partial charge in [-0.15, -0.1) is 0 Å². The summed E-state index contributed by atoms with van der Waals surface area (Å²) in [6, 6.07) is 3.96. The minimum Gasteiger partial charge on any atom is -0.444 e. The molecule has 21 heavy (non-hydrogen) atoms. The monoisotopic (exact) mass is 287 g/mol. The van der Waals surface area contributed by atoms with E-state index in [1.165, 1.54) is 0 Å². The number of nitrogens with zero attached hydrogens (tertiary/aromatic N) is 3. The number of carbonyl (C=O) groups excluding carboxylic acids is 1. The first kappa shape index (κ1) is 15.3. The number of aromatic nitrogens is 1. The molecule has 1 aliphatic rings. The van der Waals surface area contributed by atoms with Gasteiger partial charge in [-0.1, -0.05) is 0 Å². The van der Waals surface area contributed by atoms with Crippen LogP contribution in [0.15, 0.2) is 18.5 Å². The number of pyridine rings is 1. The highest BCUT2D eigenvalue weighted by molar-refractivity contribution is 5.68. The van der Waals surface area contributed by atoms with Gasteiger partial charge in [0.25, 0.3) is 0 Å². The van der Waals surface area contributed by atoms with Crippen molar-refractivity contribution in [1.29, 1.82) is 5.26 Å². The second-order valence-electron chi connectivity index (χ2n) is 6.38. The van der Waals surface area contributed by atoms with Crippen molar-refractivity contribution in [3.8, 4) is 6.07 Å². The maximum Gasteiger partial charge on any atom is 0.410 e. The first-order valence-electron chi connectivity index (χ1n) is 7.22. The second-order valence-corrected chi connectivity index (χ2v) is 6.38. The summed E-state index contributed by atoms with van der Waals surface area (Å²) < 4.78 is 5.43. The van der Waals surface area contributed by atoms with Crippen LogP contribution in [0.1, 0.15) is 50.7 Å². The van der Waals surface area contributed by atoms with E-state index < -0.39 is 5.60 Å². The molecule has 0 saturated carbocycles. The van der Waals surface area contributed by atoms with E-state index in [9.17, 15) is 4.79 Å². The van der Waals surface area contributed by atoms with Crippen molar-refractivity contribution in [1.82, 2.24) is 9.88 Å². The molecule has 5 nitrogen and oxygen atoms in total. The Labute approximate surface area is 125 Å². The fourth-order valence-electron chi connectivity index (χ4n) is 2.48. The van der Waals surface area contributed by atoms with Crippen molar-refractivity contribution < 1.29 is 9.53 Å². The Hall–Kier alpha value is -2.09. The molecular weight excluding hydrogens is 266 g/mol. The summed E-state index contributed by atoms with van der Waals surface area (Å²) in [6.07, 6.45) is 5.00. The number of amides is 1. The lowest BCUT2D eigenvalue weighted by Gasteiger charge is -2.34. The van der Waals surface area contributed by atoms with Crippen LogP contribution in [0, 0.1) is 11.3 Å². The zero-order chi connectivity index (χ0) is 15.5. The summed E-state index contributed by atoms with van der Waals surface area (Å²) in [6.45, 7) is 6.94. The van der Waals surface area contributed by atoms with Crippen LogP contribution < -0.4 is 0 Å². The van der Waals surface area contributed by atoms with E-state index in [1.54, 1.807) is 17.3 Å². The maximum absolute atomic E-state index is 12.1. The summed E-state index contributed by atoms with van der Waals surface area (Å²) in [5, 5.41) is 8.95. The largest absolute Gasteiger partial charge is 0.444 e. The van der Waals surface area contributed by atoms with Gasteiger partial charge in [0.2, 0.25) is 0 Å². The predicted molar refractivity (Wildman–Crippen MR) is 78.7 cm³/mol. The molecule has 1 unspecified atom stereocenters. The van der Waals surface area contributed by atoms with Crippen LogP contribution >= 0.6 is 0 Å². The molecule has 112 valence electrons. The topological polar surface area (TPSA) is 66.2 Å². The zero-order valence-electron chi connectivity index (χ0n) is 12.8. The third-order valence-electron chi connectivity index (χ3n) is 3.43. The highest BCUT2D eigenvalue weighted by atomic mass is 16.6. The van der Waals surface area contributed by atoms with Crippen molar-refractivity contribution in [2.24, 2.45) is 0 Å². The molecule has 0 aromatic carbocycles. The lowest BCUT2D eigenvalue weighted by atomic mass is 9.91. The van der Waals surface area contributed by atoms with Crippen LogP contribution in [0.4, 0.5) is 4.79 Å². The van der Waals surface area contributed by atoms with Crippen LogP contribution in [0.2, 0.25) is 0 Å². The van der Waals surface area contributed by atoms with E-state index in [0.29, 0.717) is 12.1 Å². The second kappa shape index (κ2) is 6.13. The molecule has 1 atom stereocenters. The predicted octanol–water partition coefficient (Wildman–Crippen LogP) is 3.07. The number of carbonyl (C=O) groups is 1. The first-order valence-corrected chi connectivity index (χ1v) is 7.22. The Morgan fingerprint density at radius 2 is 2.24 bits per heavy atom. The lowest BCUT2D eigenvalue weighted by Crippen LogP contribution is -2.42. The quantitative estimate of drug-likeness (QED) is 0.796. The molecule has 0 radical (unpaired) electrons. The third kappa shape index (κ3) is 4.19. The Kier molecular flexibility index (Phi) is 4.46. The molecule has 1 aliphatic heterocycles. The van der Waals surface area contributed by atoms with E-state index in [-0.39, 0.29) is 12.0 Å². The van der Waals surface area contributed by atoms with Gasteiger partial charge in [-0.05, 0) is 45.2 Å². The molecule has 1 aromatic heterocycles. The molecule has 1 amide bonds. The molecule has 0 N–H and O–H groups in total. The van der Waals surface area contributed by atoms with Gasteiger partial charge in [-0.2, -0.15) is 5.26 Å². The average molecular weight is 287 g/mol. The summed E-state index contributed by atoms with van der Waals surface area (Å²) in [7, 11) is 0. The van der Waals surface area contributed by atoms with Gasteiger partial charge in [0, 0.05) is 31.4 Å². The number of hydrogen-bond donors (Lipinski definition) is 0. The lowest BCUT2D eigenvalue weighted by molar-refractivity contribution is 0.0198. The van der Waals surface area contributed by atoms with Crippen LogP contribution in [0.25, 0.3) is 0 Å². The molecule has 2 rings (SSSR count). The Morgan fingerprint density at radius 3 is 2.90 bits per heavy atom. The molecule has 1 aromatic rings. The highest BCUT2D eigenvalue weighted by Gasteiger charge is 2.28. The van der Waals surface area contributed by atoms with E-state index >= 15 is 0 Å². The van der Waals surface area contributed by atoms with Crippen molar-refractivity contribution in [2.75, 3.05) is 13.1 Å². The molecule has 1 saturated heterocycles. The molecule has 0 aliphatic carbocycles. The van der Waals surface area contributed by atoms with Gasteiger partial charge in [-0.25, -0.2) is 4.79 Å². The minimum absolute atomic E-state index is 0.215. The average Bonchev–Trinajstić information content (AvgIpc) is 2.46. The molecular formula is C16H21N3O2. The smallest absolute Gasteiger partial charge is 0.410 e. The van der Waals surface area contributed by atoms with Crippen LogP contribution in [-0.4, -0.2) is 34.7 Å². The van der Waals surface area contributed by atoms with Crippen LogP contribution in [0.3, 0.4) is 0 Å². The third-order valence-corrected chi connectivity index (χ3v) is 3.43. The van der Waals surface area contributed by atoms with Gasteiger partial charge in [0.15, 0.2) is 0 Å². The van der Waals surface area contributed by atoms with Gasteiger partial charge in [-0.3, -0.25) is 4.98 Å². The summed E-state index contributed by atoms with van der Waals surface area (Å²) in [4.78, 5) is 18.0. The van der Waals surface area contributed by atoms with E-state index in [4.69, 9.17) is 10.00 Å². The Bertz CT molecular complexity index is 557. The highest BCUT2D eigenvalue weighted by Crippen LogP contribution is 2.27. The van der Waals surface area contributed by atoms with Gasteiger partial charge in [0.1, 0.15) is 11.7 Å². The number of likely N-dealkylation sites (tertiary alicyclic amines) is 1. The SMILES string of the molecule is CC(C)(C)OC(=O)N1CCCC(c2cncc(C#N)c2)C1. The fraction of sp³-hybridized carbons (Fsp3) is 0.562. The number of piperidine rings is 1. The Balaban J connectivity index is 2.07. The number of ether oxygens (including phenoxy) is 1. The van der Waals surface area contributed by atoms with Crippen LogP contribution in [-0.2, 0) is 4.74 Å². The summed E-state index contributed by atoms with van der Waals surface area (Å²) in [5.74, 6) is 0.215. The van der Waals surface area contributed by atoms with Gasteiger partial charge in [0.05, 0.1) is 5.56 Å².